The second kappa shape index (κ2) is 7.74. The van der Waals surface area contributed by atoms with Crippen LogP contribution >= 0.6 is 0 Å². The Hall–Kier alpha value is -3.02. The monoisotopic (exact) mass is 493 g/mol. The summed E-state index contributed by atoms with van der Waals surface area (Å²) in [6.45, 7) is 4.17. The van der Waals surface area contributed by atoms with Crippen LogP contribution in [-0.2, 0) is 22.9 Å². The molecule has 3 aromatic rings. The number of H-pyrrole nitrogens is 1. The summed E-state index contributed by atoms with van der Waals surface area (Å²) < 4.78 is 34.0. The summed E-state index contributed by atoms with van der Waals surface area (Å²) in [7, 11) is -3.72. The second-order valence-corrected chi connectivity index (χ2v) is 12.0. The topological polar surface area (TPSA) is 116 Å². The van der Waals surface area contributed by atoms with E-state index in [1.807, 2.05) is 12.1 Å². The van der Waals surface area contributed by atoms with Crippen LogP contribution in [0.15, 0.2) is 35.6 Å². The molecule has 2 N–H and O–H groups in total. The van der Waals surface area contributed by atoms with Crippen molar-refractivity contribution in [2.24, 2.45) is 5.41 Å². The number of ether oxygens (including phenoxy) is 1. The molecule has 5 aliphatic rings. The summed E-state index contributed by atoms with van der Waals surface area (Å²) in [6, 6.07) is 8.20. The normalized spacial score (nSPS) is 28.5. The van der Waals surface area contributed by atoms with Gasteiger partial charge < -0.3 is 10.1 Å². The average molecular weight is 494 g/mol. The summed E-state index contributed by atoms with van der Waals surface area (Å²) >= 11 is 0. The molecule has 11 heteroatoms. The number of aryl methyl sites for hydroxylation is 1. The number of fused-ring (bicyclic) bond motifs is 3. The van der Waals surface area contributed by atoms with Crippen LogP contribution in [0.2, 0.25) is 0 Å². The van der Waals surface area contributed by atoms with Crippen molar-refractivity contribution in [3.63, 3.8) is 0 Å². The number of aromatic amines is 1. The molecule has 0 saturated carbocycles. The quantitative estimate of drug-likeness (QED) is 0.490. The van der Waals surface area contributed by atoms with Gasteiger partial charge in [0.05, 0.1) is 5.69 Å². The Kier molecular flexibility index (Phi) is 4.71. The Morgan fingerprint density at radius 3 is 2.91 bits per heavy atom. The molecule has 2 aromatic heterocycles. The molecule has 1 atom stereocenters. The molecule has 1 aromatic carbocycles. The van der Waals surface area contributed by atoms with Gasteiger partial charge in [-0.25, -0.2) is 18.5 Å². The summed E-state index contributed by atoms with van der Waals surface area (Å²) in [5, 5.41) is 10.1. The van der Waals surface area contributed by atoms with Crippen LogP contribution in [0.3, 0.4) is 0 Å². The van der Waals surface area contributed by atoms with Crippen molar-refractivity contribution in [1.82, 2.24) is 29.4 Å². The third kappa shape index (κ3) is 3.52. The zero-order valence-electron chi connectivity index (χ0n) is 19.3. The Balaban J connectivity index is 1.32. The molecule has 0 radical (unpaired) electrons. The van der Waals surface area contributed by atoms with E-state index in [-0.39, 0.29) is 16.5 Å². The number of pyridine rings is 1. The fourth-order valence-corrected chi connectivity index (χ4v) is 7.48. The van der Waals surface area contributed by atoms with Gasteiger partial charge in [0.1, 0.15) is 6.61 Å². The fourth-order valence-electron chi connectivity index (χ4n) is 5.99. The van der Waals surface area contributed by atoms with E-state index in [4.69, 9.17) is 4.74 Å². The summed E-state index contributed by atoms with van der Waals surface area (Å²) in [5.41, 5.74) is 5.40. The summed E-state index contributed by atoms with van der Waals surface area (Å²) in [5.74, 6) is 0.851. The molecule has 2 fully saturated rings. The third-order valence-electron chi connectivity index (χ3n) is 7.81. The Labute approximate surface area is 203 Å². The van der Waals surface area contributed by atoms with E-state index in [9.17, 15) is 8.42 Å². The molecule has 1 aliphatic carbocycles. The van der Waals surface area contributed by atoms with Gasteiger partial charge in [-0.2, -0.15) is 9.29 Å². The molecule has 1 spiro atoms. The van der Waals surface area contributed by atoms with E-state index >= 15 is 0 Å². The minimum Gasteiger partial charge on any atom is -0.476 e. The maximum atomic E-state index is 13.2. The number of nitrogens with one attached hydrogen (secondary N) is 2. The fraction of sp³-hybridized carbons (Fsp3) is 0.458. The number of aromatic nitrogens is 4. The van der Waals surface area contributed by atoms with Gasteiger partial charge in [0, 0.05) is 49.4 Å². The van der Waals surface area contributed by atoms with Crippen LogP contribution in [0.4, 0.5) is 11.6 Å². The van der Waals surface area contributed by atoms with Crippen LogP contribution < -0.4 is 10.1 Å². The first-order valence-corrected chi connectivity index (χ1v) is 13.6. The van der Waals surface area contributed by atoms with Gasteiger partial charge >= 0.3 is 0 Å². The van der Waals surface area contributed by atoms with Crippen molar-refractivity contribution in [3.8, 4) is 17.0 Å². The maximum absolute atomic E-state index is 13.2. The minimum atomic E-state index is -3.72. The Morgan fingerprint density at radius 1 is 1.09 bits per heavy atom. The molecule has 182 valence electrons. The van der Waals surface area contributed by atoms with Crippen molar-refractivity contribution in [2.75, 3.05) is 44.6 Å². The van der Waals surface area contributed by atoms with Gasteiger partial charge in [-0.1, -0.05) is 12.1 Å². The molecule has 10 nitrogen and oxygen atoms in total. The molecule has 35 heavy (non-hydrogen) atoms. The molecule has 6 heterocycles. The van der Waals surface area contributed by atoms with Gasteiger partial charge in [0.25, 0.3) is 15.2 Å². The van der Waals surface area contributed by atoms with Gasteiger partial charge in [-0.05, 0) is 55.0 Å². The number of rotatable bonds is 0. The van der Waals surface area contributed by atoms with Gasteiger partial charge in [-0.15, -0.1) is 5.10 Å². The third-order valence-corrected chi connectivity index (χ3v) is 9.42. The van der Waals surface area contributed by atoms with Gasteiger partial charge in [-0.3, -0.25) is 4.90 Å². The largest absolute Gasteiger partial charge is 0.476 e. The van der Waals surface area contributed by atoms with Crippen LogP contribution in [0.1, 0.15) is 24.0 Å². The number of anilines is 2. The molecule has 0 amide bonds. The predicted molar refractivity (Wildman–Crippen MR) is 129 cm³/mol. The lowest BCUT2D eigenvalue weighted by atomic mass is 9.81. The second-order valence-electron chi connectivity index (χ2n) is 10.1. The minimum absolute atomic E-state index is 0.0112. The number of nitrogens with zero attached hydrogens (tertiary/aromatic N) is 5. The van der Waals surface area contributed by atoms with Crippen molar-refractivity contribution in [2.45, 2.75) is 30.8 Å². The van der Waals surface area contributed by atoms with Crippen LogP contribution in [-0.4, -0.2) is 77.1 Å². The summed E-state index contributed by atoms with van der Waals surface area (Å²) in [4.78, 5) is 11.1. The van der Waals surface area contributed by atoms with Crippen molar-refractivity contribution >= 4 is 21.7 Å². The highest BCUT2D eigenvalue weighted by molar-refractivity contribution is 7.89. The van der Waals surface area contributed by atoms with E-state index in [1.54, 1.807) is 6.20 Å². The van der Waals surface area contributed by atoms with Crippen LogP contribution in [0.25, 0.3) is 11.1 Å². The predicted octanol–water partition coefficient (Wildman–Crippen LogP) is 2.19. The molecular weight excluding hydrogens is 466 g/mol. The molecular formula is C24H27N7O3S. The van der Waals surface area contributed by atoms with Crippen molar-refractivity contribution < 1.29 is 13.2 Å². The van der Waals surface area contributed by atoms with Crippen LogP contribution in [0.5, 0.6) is 5.88 Å². The number of sulfonamides is 1. The van der Waals surface area contributed by atoms with E-state index in [1.165, 1.54) is 15.4 Å². The molecule has 8 rings (SSSR count). The van der Waals surface area contributed by atoms with Crippen LogP contribution in [0, 0.1) is 5.41 Å². The van der Waals surface area contributed by atoms with Crippen molar-refractivity contribution in [3.05, 3.63) is 41.6 Å². The van der Waals surface area contributed by atoms with E-state index in [2.05, 4.69) is 42.5 Å². The SMILES string of the molecule is O=S1(=O)c2nc(n[nH]2)Nc2c(ccc3c2CCC3)-c2ccnc(c2)OCCN2CCC3(C2)CN1C3. The highest BCUT2D eigenvalue weighted by Crippen LogP contribution is 2.42. The van der Waals surface area contributed by atoms with E-state index < -0.39 is 10.0 Å². The molecule has 4 aliphatic heterocycles. The van der Waals surface area contributed by atoms with Gasteiger partial charge in [0.2, 0.25) is 11.8 Å². The molecule has 2 saturated heterocycles. The zero-order valence-corrected chi connectivity index (χ0v) is 20.1. The summed E-state index contributed by atoms with van der Waals surface area (Å²) in [6.07, 6.45) is 5.80. The lowest BCUT2D eigenvalue weighted by Crippen LogP contribution is -2.59. The molecule has 1 unspecified atom stereocenters. The highest BCUT2D eigenvalue weighted by atomic mass is 32.2. The lowest BCUT2D eigenvalue weighted by molar-refractivity contribution is 0.0753. The smallest absolute Gasteiger partial charge is 0.278 e. The lowest BCUT2D eigenvalue weighted by Gasteiger charge is -2.46. The average Bonchev–Trinajstić information content (AvgIpc) is 3.58. The number of hydrogen-bond acceptors (Lipinski definition) is 8. The first-order chi connectivity index (χ1) is 17.0. The van der Waals surface area contributed by atoms with E-state index in [0.717, 1.165) is 62.1 Å². The van der Waals surface area contributed by atoms with Gasteiger partial charge in [0.15, 0.2) is 0 Å². The molecule has 7 bridgehead atoms. The standard InChI is InChI=1S/C24H27N7O3S/c32-35(33)23-27-22(28-29-23)26-21-18-3-1-2-16(18)4-5-19(21)17-6-8-25-20(12-17)34-11-10-30-9-7-24(13-30)14-31(35)15-24/h4-6,8,12H,1-3,7,9-11,13-15H2,(H2,26,27,28,29). The zero-order chi connectivity index (χ0) is 23.6. The van der Waals surface area contributed by atoms with E-state index in [0.29, 0.717) is 25.6 Å². The maximum Gasteiger partial charge on any atom is 0.278 e. The first kappa shape index (κ1) is 21.3. The Bertz CT molecular complexity index is 1410. The van der Waals surface area contributed by atoms with Crippen molar-refractivity contribution in [1.29, 1.82) is 0 Å². The highest BCUT2D eigenvalue weighted by Gasteiger charge is 2.52. The number of hydrogen-bond donors (Lipinski definition) is 2. The Morgan fingerprint density at radius 2 is 2.00 bits per heavy atom. The first-order valence-electron chi connectivity index (χ1n) is 12.2. The number of benzene rings is 1.